The first kappa shape index (κ1) is 16.6. The van der Waals surface area contributed by atoms with Crippen LogP contribution in [-0.2, 0) is 5.75 Å². The van der Waals surface area contributed by atoms with Crippen LogP contribution in [0.3, 0.4) is 0 Å². The number of H-pyrrole nitrogens is 1. The highest BCUT2D eigenvalue weighted by molar-refractivity contribution is 7.98. The topological polar surface area (TPSA) is 45.8 Å². The van der Waals surface area contributed by atoms with E-state index in [-0.39, 0.29) is 5.56 Å². The van der Waals surface area contributed by atoms with Crippen molar-refractivity contribution in [2.45, 2.75) is 31.8 Å². The zero-order valence-corrected chi connectivity index (χ0v) is 15.5. The minimum absolute atomic E-state index is 0.0356. The van der Waals surface area contributed by atoms with Crippen molar-refractivity contribution in [3.63, 3.8) is 0 Å². The van der Waals surface area contributed by atoms with E-state index in [4.69, 9.17) is 11.6 Å². The third-order valence-corrected chi connectivity index (χ3v) is 6.46. The zero-order valence-electron chi connectivity index (χ0n) is 13.1. The fourth-order valence-corrected chi connectivity index (χ4v) is 4.47. The molecule has 1 N–H and O–H groups in total. The number of halogens is 1. The Hall–Kier alpha value is -1.30. The summed E-state index contributed by atoms with van der Waals surface area (Å²) in [5, 5.41) is 1.78. The normalized spacial score (nSPS) is 12.7. The van der Waals surface area contributed by atoms with E-state index >= 15 is 0 Å². The van der Waals surface area contributed by atoms with Crippen molar-refractivity contribution < 1.29 is 0 Å². The number of nitrogens with zero attached hydrogens (tertiary/aromatic N) is 1. The predicted octanol–water partition coefficient (Wildman–Crippen LogP) is 5.25. The minimum Gasteiger partial charge on any atom is -0.309 e. The number of rotatable bonds is 4. The van der Waals surface area contributed by atoms with Crippen LogP contribution in [0.5, 0.6) is 0 Å². The highest BCUT2D eigenvalue weighted by Crippen LogP contribution is 2.31. The molecule has 1 atom stereocenters. The van der Waals surface area contributed by atoms with E-state index in [1.165, 1.54) is 5.56 Å². The maximum atomic E-state index is 12.3. The number of nitrogens with one attached hydrogen (secondary N) is 1. The van der Waals surface area contributed by atoms with Gasteiger partial charge in [0.05, 0.1) is 11.1 Å². The lowest BCUT2D eigenvalue weighted by Gasteiger charge is -2.11. The molecule has 2 aromatic heterocycles. The van der Waals surface area contributed by atoms with Crippen molar-refractivity contribution in [2.75, 3.05) is 0 Å². The van der Waals surface area contributed by atoms with Gasteiger partial charge in [-0.1, -0.05) is 23.7 Å². The molecule has 0 aliphatic carbocycles. The number of benzene rings is 1. The van der Waals surface area contributed by atoms with Crippen molar-refractivity contribution in [2.24, 2.45) is 0 Å². The van der Waals surface area contributed by atoms with E-state index < -0.39 is 0 Å². The average molecular weight is 365 g/mol. The molecule has 3 nitrogen and oxygen atoms in total. The molecule has 3 aromatic rings. The Bertz CT molecular complexity index is 899. The summed E-state index contributed by atoms with van der Waals surface area (Å²) < 4.78 is 0. The second-order valence-corrected chi connectivity index (χ2v) is 8.45. The first-order chi connectivity index (χ1) is 11.0. The molecule has 23 heavy (non-hydrogen) atoms. The van der Waals surface area contributed by atoms with Gasteiger partial charge in [0.15, 0.2) is 0 Å². The molecule has 1 aromatic carbocycles. The molecule has 2 heterocycles. The van der Waals surface area contributed by atoms with Crippen LogP contribution in [0, 0.1) is 13.8 Å². The van der Waals surface area contributed by atoms with Gasteiger partial charge in [0.2, 0.25) is 0 Å². The monoisotopic (exact) mass is 364 g/mol. The molecule has 0 saturated heterocycles. The largest absolute Gasteiger partial charge is 0.309 e. The van der Waals surface area contributed by atoms with Gasteiger partial charge in [0, 0.05) is 15.1 Å². The average Bonchev–Trinajstić information content (AvgIpc) is 2.80. The summed E-state index contributed by atoms with van der Waals surface area (Å²) in [4.78, 5) is 21.8. The van der Waals surface area contributed by atoms with E-state index in [0.29, 0.717) is 11.0 Å². The van der Waals surface area contributed by atoms with Gasteiger partial charge in [0.1, 0.15) is 10.7 Å². The summed E-state index contributed by atoms with van der Waals surface area (Å²) in [5.41, 5.74) is 2.21. The molecule has 120 valence electrons. The van der Waals surface area contributed by atoms with Gasteiger partial charge in [0.25, 0.3) is 5.56 Å². The fraction of sp³-hybridized carbons (Fsp3) is 0.294. The summed E-state index contributed by atoms with van der Waals surface area (Å²) in [6.45, 7) is 6.14. The molecule has 0 spiro atoms. The van der Waals surface area contributed by atoms with Gasteiger partial charge in [-0.15, -0.1) is 23.1 Å². The SMILES string of the molecule is Cc1sc2nc(CSC(C)c3ccc(Cl)cc3)[nH]c(=O)c2c1C. The van der Waals surface area contributed by atoms with E-state index in [9.17, 15) is 4.79 Å². The van der Waals surface area contributed by atoms with Gasteiger partial charge >= 0.3 is 0 Å². The molecule has 0 aliphatic rings. The Labute approximate surface area is 148 Å². The maximum absolute atomic E-state index is 12.3. The van der Waals surface area contributed by atoms with Gasteiger partial charge < -0.3 is 4.98 Å². The molecule has 0 radical (unpaired) electrons. The van der Waals surface area contributed by atoms with Gasteiger partial charge in [-0.2, -0.15) is 0 Å². The summed E-state index contributed by atoms with van der Waals surface area (Å²) in [6, 6.07) is 7.87. The first-order valence-corrected chi connectivity index (χ1v) is 9.56. The molecule has 1 unspecified atom stereocenters. The number of aromatic nitrogens is 2. The quantitative estimate of drug-likeness (QED) is 0.687. The number of fused-ring (bicyclic) bond motifs is 1. The number of thioether (sulfide) groups is 1. The molecule has 0 aliphatic heterocycles. The van der Waals surface area contributed by atoms with Crippen LogP contribution in [0.4, 0.5) is 0 Å². The number of aryl methyl sites for hydroxylation is 2. The number of hydrogen-bond donors (Lipinski definition) is 1. The highest BCUT2D eigenvalue weighted by Gasteiger charge is 2.13. The smallest absolute Gasteiger partial charge is 0.259 e. The fourth-order valence-electron chi connectivity index (χ4n) is 2.40. The van der Waals surface area contributed by atoms with Crippen molar-refractivity contribution in [3.8, 4) is 0 Å². The second kappa shape index (κ2) is 6.67. The molecule has 0 fully saturated rings. The number of aromatic amines is 1. The summed E-state index contributed by atoms with van der Waals surface area (Å²) in [6.07, 6.45) is 0. The molecule has 0 amide bonds. The summed E-state index contributed by atoms with van der Waals surface area (Å²) in [5.74, 6) is 1.40. The lowest BCUT2D eigenvalue weighted by atomic mass is 10.2. The van der Waals surface area contributed by atoms with Crippen molar-refractivity contribution in [1.29, 1.82) is 0 Å². The van der Waals surface area contributed by atoms with Crippen LogP contribution in [0.2, 0.25) is 5.02 Å². The van der Waals surface area contributed by atoms with Gasteiger partial charge in [-0.25, -0.2) is 4.98 Å². The van der Waals surface area contributed by atoms with Crippen LogP contribution < -0.4 is 5.56 Å². The van der Waals surface area contributed by atoms with E-state index in [1.54, 1.807) is 23.1 Å². The Morgan fingerprint density at radius 2 is 2.00 bits per heavy atom. The molecular formula is C17H17ClN2OS2. The van der Waals surface area contributed by atoms with Crippen LogP contribution in [-0.4, -0.2) is 9.97 Å². The van der Waals surface area contributed by atoms with Crippen LogP contribution >= 0.6 is 34.7 Å². The van der Waals surface area contributed by atoms with E-state index in [1.807, 2.05) is 38.1 Å². The Balaban J connectivity index is 1.79. The Morgan fingerprint density at radius 1 is 1.30 bits per heavy atom. The Kier molecular flexibility index (Phi) is 4.80. The molecule has 6 heteroatoms. The van der Waals surface area contributed by atoms with Crippen LogP contribution in [0.15, 0.2) is 29.1 Å². The third-order valence-electron chi connectivity index (χ3n) is 3.90. The predicted molar refractivity (Wildman–Crippen MR) is 101 cm³/mol. The van der Waals surface area contributed by atoms with Gasteiger partial charge in [-0.05, 0) is 44.0 Å². The summed E-state index contributed by atoms with van der Waals surface area (Å²) >= 11 is 9.25. The zero-order chi connectivity index (χ0) is 16.6. The van der Waals surface area contributed by atoms with E-state index in [0.717, 1.165) is 31.5 Å². The lowest BCUT2D eigenvalue weighted by molar-refractivity contribution is 1.03. The minimum atomic E-state index is -0.0356. The number of thiophene rings is 1. The van der Waals surface area contributed by atoms with Crippen molar-refractivity contribution in [1.82, 2.24) is 9.97 Å². The molecule has 0 saturated carbocycles. The van der Waals surface area contributed by atoms with E-state index in [2.05, 4.69) is 16.9 Å². The first-order valence-electron chi connectivity index (χ1n) is 7.31. The standard InChI is InChI=1S/C17H17ClN2OS2/c1-9-10(2)23-17-15(9)16(21)19-14(20-17)8-22-11(3)12-4-6-13(18)7-5-12/h4-7,11H,8H2,1-3H3,(H,19,20,21). The second-order valence-electron chi connectivity index (χ2n) is 5.48. The maximum Gasteiger partial charge on any atom is 0.259 e. The molecule has 0 bridgehead atoms. The van der Waals surface area contributed by atoms with Crippen molar-refractivity contribution >= 4 is 44.9 Å². The van der Waals surface area contributed by atoms with Crippen molar-refractivity contribution in [3.05, 3.63) is 61.5 Å². The third kappa shape index (κ3) is 3.47. The summed E-state index contributed by atoms with van der Waals surface area (Å²) in [7, 11) is 0. The molecular weight excluding hydrogens is 348 g/mol. The van der Waals surface area contributed by atoms with Gasteiger partial charge in [-0.3, -0.25) is 4.79 Å². The van der Waals surface area contributed by atoms with Crippen LogP contribution in [0.25, 0.3) is 10.2 Å². The molecule has 3 rings (SSSR count). The lowest BCUT2D eigenvalue weighted by Crippen LogP contribution is -2.11. The highest BCUT2D eigenvalue weighted by atomic mass is 35.5. The Morgan fingerprint density at radius 3 is 2.70 bits per heavy atom. The van der Waals surface area contributed by atoms with Crippen LogP contribution in [0.1, 0.15) is 34.0 Å². The number of hydrogen-bond acceptors (Lipinski definition) is 4.